The molecule has 0 radical (unpaired) electrons. The van der Waals surface area contributed by atoms with Gasteiger partial charge in [-0.25, -0.2) is 0 Å². The van der Waals surface area contributed by atoms with Crippen molar-refractivity contribution in [2.45, 2.75) is 6.42 Å². The van der Waals surface area contributed by atoms with Crippen LogP contribution in [0.25, 0.3) is 0 Å². The number of likely N-dealkylation sites (tertiary alicyclic amines) is 1. The molecule has 0 bridgehead atoms. The van der Waals surface area contributed by atoms with E-state index in [1.807, 2.05) is 4.90 Å². The van der Waals surface area contributed by atoms with E-state index >= 15 is 0 Å². The number of aromatic nitrogens is 1. The highest BCUT2D eigenvalue weighted by Gasteiger charge is 2.23. The molecule has 0 aliphatic carbocycles. The van der Waals surface area contributed by atoms with Gasteiger partial charge in [-0.2, -0.15) is 0 Å². The third kappa shape index (κ3) is 3.42. The summed E-state index contributed by atoms with van der Waals surface area (Å²) in [4.78, 5) is 25.7. The lowest BCUT2D eigenvalue weighted by Gasteiger charge is -2.14. The van der Waals surface area contributed by atoms with Gasteiger partial charge >= 0.3 is 0 Å². The zero-order valence-electron chi connectivity index (χ0n) is 11.1. The van der Waals surface area contributed by atoms with Crippen molar-refractivity contribution in [1.29, 1.82) is 0 Å². The molecule has 0 saturated carbocycles. The van der Waals surface area contributed by atoms with Crippen LogP contribution in [0.5, 0.6) is 0 Å². The summed E-state index contributed by atoms with van der Waals surface area (Å²) in [6.45, 7) is 2.61. The summed E-state index contributed by atoms with van der Waals surface area (Å²) in [5.41, 5.74) is 6.09. The van der Waals surface area contributed by atoms with E-state index in [-0.39, 0.29) is 18.4 Å². The first-order valence-corrected chi connectivity index (χ1v) is 6.48. The molecule has 1 saturated heterocycles. The monoisotopic (exact) mass is 264 g/mol. The smallest absolute Gasteiger partial charge is 0.274 e. The minimum atomic E-state index is -0.355. The average Bonchev–Trinajstić information content (AvgIpc) is 2.97. The number of carbonyl (C=O) groups excluding carboxylic acids is 2. The van der Waals surface area contributed by atoms with Crippen LogP contribution in [0.1, 0.15) is 16.9 Å². The average molecular weight is 264 g/mol. The summed E-state index contributed by atoms with van der Waals surface area (Å²) < 4.78 is 1.68. The second-order valence-electron chi connectivity index (χ2n) is 5.01. The minimum absolute atomic E-state index is 0.257. The van der Waals surface area contributed by atoms with Gasteiger partial charge in [0, 0.05) is 19.8 Å². The third-order valence-electron chi connectivity index (χ3n) is 3.50. The number of hydrogen-bond acceptors (Lipinski definition) is 4. The standard InChI is InChI=1S/C13H20N4O2/c1-16-5-2-3-11(16)13(19)15-12(18)9-17-6-4-10(7-14)8-17/h2-3,5,10H,4,6-9,14H2,1H3,(H,15,18,19). The number of aryl methyl sites for hydroxylation is 1. The fourth-order valence-electron chi connectivity index (χ4n) is 2.38. The van der Waals surface area contributed by atoms with Crippen LogP contribution in [-0.4, -0.2) is 47.5 Å². The Morgan fingerprint density at radius 2 is 2.32 bits per heavy atom. The van der Waals surface area contributed by atoms with Crippen LogP contribution in [0, 0.1) is 5.92 Å². The van der Waals surface area contributed by atoms with Gasteiger partial charge in [-0.05, 0) is 37.6 Å². The molecule has 1 aliphatic rings. The van der Waals surface area contributed by atoms with Gasteiger partial charge in [0.25, 0.3) is 5.91 Å². The van der Waals surface area contributed by atoms with Gasteiger partial charge in [-0.1, -0.05) is 0 Å². The molecule has 6 heteroatoms. The normalized spacial score (nSPS) is 19.6. The molecule has 1 atom stereocenters. The van der Waals surface area contributed by atoms with Crippen molar-refractivity contribution in [2.24, 2.45) is 18.7 Å². The molecule has 1 aromatic heterocycles. The van der Waals surface area contributed by atoms with Crippen molar-refractivity contribution in [1.82, 2.24) is 14.8 Å². The Morgan fingerprint density at radius 1 is 1.53 bits per heavy atom. The predicted octanol–water partition coefficient (Wildman–Crippen LogP) is -0.438. The fraction of sp³-hybridized carbons (Fsp3) is 0.538. The predicted molar refractivity (Wildman–Crippen MR) is 71.5 cm³/mol. The number of nitrogens with two attached hydrogens (primary N) is 1. The van der Waals surface area contributed by atoms with E-state index in [0.717, 1.165) is 19.5 Å². The number of nitrogens with one attached hydrogen (secondary N) is 1. The Hall–Kier alpha value is -1.66. The molecule has 2 rings (SSSR count). The largest absolute Gasteiger partial charge is 0.347 e. The highest BCUT2D eigenvalue weighted by Crippen LogP contribution is 2.13. The highest BCUT2D eigenvalue weighted by molar-refractivity contribution is 6.04. The molecule has 1 unspecified atom stereocenters. The second kappa shape index (κ2) is 5.99. The fourth-order valence-corrected chi connectivity index (χ4v) is 2.38. The van der Waals surface area contributed by atoms with Crippen molar-refractivity contribution < 1.29 is 9.59 Å². The van der Waals surface area contributed by atoms with Crippen LogP contribution in [0.3, 0.4) is 0 Å². The highest BCUT2D eigenvalue weighted by atomic mass is 16.2. The third-order valence-corrected chi connectivity index (χ3v) is 3.50. The maximum atomic E-state index is 11.8. The quantitative estimate of drug-likeness (QED) is 0.773. The molecule has 104 valence electrons. The summed E-state index contributed by atoms with van der Waals surface area (Å²) in [5.74, 6) is -0.146. The van der Waals surface area contributed by atoms with Gasteiger partial charge in [0.1, 0.15) is 5.69 Å². The SMILES string of the molecule is Cn1cccc1C(=O)NC(=O)CN1CCC(CN)C1. The lowest BCUT2D eigenvalue weighted by atomic mass is 10.1. The van der Waals surface area contributed by atoms with Gasteiger partial charge in [-0.15, -0.1) is 0 Å². The zero-order chi connectivity index (χ0) is 13.8. The number of amides is 2. The Labute approximate surface area is 112 Å². The molecule has 19 heavy (non-hydrogen) atoms. The van der Waals surface area contributed by atoms with Crippen molar-refractivity contribution >= 4 is 11.8 Å². The molecule has 6 nitrogen and oxygen atoms in total. The Kier molecular flexibility index (Phi) is 4.34. The van der Waals surface area contributed by atoms with Crippen LogP contribution in [0.2, 0.25) is 0 Å². The first-order valence-electron chi connectivity index (χ1n) is 6.48. The first-order chi connectivity index (χ1) is 9.10. The van der Waals surface area contributed by atoms with E-state index in [1.54, 1.807) is 29.9 Å². The molecule has 2 amide bonds. The summed E-state index contributed by atoms with van der Waals surface area (Å²) in [7, 11) is 1.77. The Balaban J connectivity index is 1.82. The molecule has 0 spiro atoms. The minimum Gasteiger partial charge on any atom is -0.347 e. The first kappa shape index (κ1) is 13.8. The number of rotatable bonds is 4. The maximum Gasteiger partial charge on any atom is 0.274 e. The summed E-state index contributed by atoms with van der Waals surface area (Å²) in [5, 5.41) is 2.41. The van der Waals surface area contributed by atoms with E-state index in [2.05, 4.69) is 5.32 Å². The van der Waals surface area contributed by atoms with Crippen molar-refractivity contribution in [3.8, 4) is 0 Å². The molecule has 3 N–H and O–H groups in total. The maximum absolute atomic E-state index is 11.8. The number of carbonyl (C=O) groups is 2. The van der Waals surface area contributed by atoms with E-state index in [9.17, 15) is 9.59 Å². The van der Waals surface area contributed by atoms with Gasteiger partial charge < -0.3 is 10.3 Å². The lowest BCUT2D eigenvalue weighted by molar-refractivity contribution is -0.121. The Morgan fingerprint density at radius 3 is 2.89 bits per heavy atom. The molecule has 1 aromatic rings. The molecular weight excluding hydrogens is 244 g/mol. The van der Waals surface area contributed by atoms with Gasteiger partial charge in [0.2, 0.25) is 5.91 Å². The van der Waals surface area contributed by atoms with E-state index in [1.165, 1.54) is 0 Å². The number of imide groups is 1. The number of nitrogens with zero attached hydrogens (tertiary/aromatic N) is 2. The van der Waals surface area contributed by atoms with E-state index in [0.29, 0.717) is 18.2 Å². The van der Waals surface area contributed by atoms with Gasteiger partial charge in [0.15, 0.2) is 0 Å². The van der Waals surface area contributed by atoms with Crippen LogP contribution < -0.4 is 11.1 Å². The molecular formula is C13H20N4O2. The van der Waals surface area contributed by atoms with Gasteiger partial charge in [0.05, 0.1) is 6.54 Å². The van der Waals surface area contributed by atoms with Gasteiger partial charge in [-0.3, -0.25) is 19.8 Å². The second-order valence-corrected chi connectivity index (χ2v) is 5.01. The van der Waals surface area contributed by atoms with E-state index in [4.69, 9.17) is 5.73 Å². The Bertz CT molecular complexity index is 469. The lowest BCUT2D eigenvalue weighted by Crippen LogP contribution is -2.40. The van der Waals surface area contributed by atoms with Crippen molar-refractivity contribution in [3.05, 3.63) is 24.0 Å². The summed E-state index contributed by atoms with van der Waals surface area (Å²) in [6.07, 6.45) is 2.79. The molecule has 1 aliphatic heterocycles. The van der Waals surface area contributed by atoms with E-state index < -0.39 is 0 Å². The number of hydrogen-bond donors (Lipinski definition) is 2. The van der Waals surface area contributed by atoms with Crippen LogP contribution in [-0.2, 0) is 11.8 Å². The molecule has 0 aromatic carbocycles. The topological polar surface area (TPSA) is 80.4 Å². The molecule has 2 heterocycles. The van der Waals surface area contributed by atoms with Crippen LogP contribution in [0.4, 0.5) is 0 Å². The van der Waals surface area contributed by atoms with Crippen LogP contribution in [0.15, 0.2) is 18.3 Å². The van der Waals surface area contributed by atoms with Crippen molar-refractivity contribution in [2.75, 3.05) is 26.2 Å². The summed E-state index contributed by atoms with van der Waals surface area (Å²) >= 11 is 0. The van der Waals surface area contributed by atoms with Crippen molar-refractivity contribution in [3.63, 3.8) is 0 Å². The molecule has 1 fully saturated rings. The van der Waals surface area contributed by atoms with Crippen LogP contribution >= 0.6 is 0 Å². The summed E-state index contributed by atoms with van der Waals surface area (Å²) in [6, 6.07) is 3.45. The zero-order valence-corrected chi connectivity index (χ0v) is 11.1.